The number of nitro benzene ring substituents is 1. The van der Waals surface area contributed by atoms with Crippen LogP contribution < -0.4 is 4.83 Å². The van der Waals surface area contributed by atoms with E-state index in [1.165, 1.54) is 24.4 Å². The number of nitrogens with one attached hydrogen (secondary N) is 1. The average Bonchev–Trinajstić information content (AvgIpc) is 3.06. The molecule has 0 radical (unpaired) electrons. The number of para-hydroxylation sites is 1. The third-order valence-corrected chi connectivity index (χ3v) is 6.12. The summed E-state index contributed by atoms with van der Waals surface area (Å²) in [6, 6.07) is 22.3. The first kappa shape index (κ1) is 20.3. The van der Waals surface area contributed by atoms with Gasteiger partial charge in [0.25, 0.3) is 15.7 Å². The fraction of sp³-hybridized carbons (Fsp3) is 0.0455. The number of hydrogen-bond donors (Lipinski definition) is 1. The van der Waals surface area contributed by atoms with Crippen LogP contribution >= 0.6 is 0 Å². The fourth-order valence-corrected chi connectivity index (χ4v) is 4.31. The Morgan fingerprint density at radius 2 is 1.71 bits per heavy atom. The molecule has 0 aliphatic heterocycles. The van der Waals surface area contributed by atoms with Crippen molar-refractivity contribution in [3.63, 3.8) is 0 Å². The van der Waals surface area contributed by atoms with E-state index in [1.54, 1.807) is 0 Å². The Balaban J connectivity index is 1.74. The molecule has 0 bridgehead atoms. The second kappa shape index (κ2) is 8.04. The third-order valence-electron chi connectivity index (χ3n) is 4.90. The minimum absolute atomic E-state index is 0.236. The smallest absolute Gasteiger partial charge is 0.276 e. The second-order valence-corrected chi connectivity index (χ2v) is 8.47. The summed E-state index contributed by atoms with van der Waals surface area (Å²) in [6.07, 6.45) is 1.46. The van der Waals surface area contributed by atoms with Gasteiger partial charge in [-0.2, -0.15) is 13.5 Å². The van der Waals surface area contributed by atoms with Crippen molar-refractivity contribution in [2.24, 2.45) is 12.1 Å². The van der Waals surface area contributed by atoms with Crippen LogP contribution in [0.5, 0.6) is 0 Å². The SMILES string of the molecule is Cn1c(-c2ccccc2)c(/C=N/NS(=O)(=O)c2cccc([N+](=O)[O-])c2)c2ccccc21. The predicted octanol–water partition coefficient (Wildman–Crippen LogP) is 4.07. The van der Waals surface area contributed by atoms with Crippen molar-refractivity contribution >= 4 is 32.8 Å². The largest absolute Gasteiger partial charge is 0.343 e. The highest BCUT2D eigenvalue weighted by Crippen LogP contribution is 2.31. The molecular formula is C22H18N4O4S. The number of fused-ring (bicyclic) bond motifs is 1. The van der Waals surface area contributed by atoms with Gasteiger partial charge in [-0.05, 0) is 17.7 Å². The molecule has 9 heteroatoms. The van der Waals surface area contributed by atoms with Crippen LogP contribution in [0.25, 0.3) is 22.2 Å². The number of nitrogens with zero attached hydrogens (tertiary/aromatic N) is 3. The summed E-state index contributed by atoms with van der Waals surface area (Å²) in [5.41, 5.74) is 3.27. The molecule has 3 aromatic carbocycles. The van der Waals surface area contributed by atoms with Crippen LogP contribution in [0.4, 0.5) is 5.69 Å². The van der Waals surface area contributed by atoms with Crippen LogP contribution in [0.2, 0.25) is 0 Å². The number of nitro groups is 1. The lowest BCUT2D eigenvalue weighted by molar-refractivity contribution is -0.385. The van der Waals surface area contributed by atoms with Gasteiger partial charge in [0.15, 0.2) is 0 Å². The molecule has 0 atom stereocenters. The first-order valence-electron chi connectivity index (χ1n) is 9.30. The van der Waals surface area contributed by atoms with Gasteiger partial charge in [0.05, 0.1) is 21.7 Å². The maximum atomic E-state index is 12.6. The van der Waals surface area contributed by atoms with Crippen LogP contribution in [0.15, 0.2) is 88.9 Å². The van der Waals surface area contributed by atoms with Crippen LogP contribution in [0.1, 0.15) is 5.56 Å². The van der Waals surface area contributed by atoms with Crippen molar-refractivity contribution in [2.75, 3.05) is 0 Å². The molecule has 0 amide bonds. The molecule has 156 valence electrons. The monoisotopic (exact) mass is 434 g/mol. The predicted molar refractivity (Wildman–Crippen MR) is 119 cm³/mol. The van der Waals surface area contributed by atoms with Gasteiger partial charge >= 0.3 is 0 Å². The topological polar surface area (TPSA) is 107 Å². The van der Waals surface area contributed by atoms with Gasteiger partial charge in [0.1, 0.15) is 0 Å². The van der Waals surface area contributed by atoms with E-state index in [9.17, 15) is 18.5 Å². The Morgan fingerprint density at radius 1 is 1.00 bits per heavy atom. The van der Waals surface area contributed by atoms with Gasteiger partial charge in [-0.25, -0.2) is 4.83 Å². The van der Waals surface area contributed by atoms with Crippen molar-refractivity contribution in [1.29, 1.82) is 0 Å². The Hall–Kier alpha value is -3.98. The summed E-state index contributed by atoms with van der Waals surface area (Å²) in [5.74, 6) is 0. The lowest BCUT2D eigenvalue weighted by Crippen LogP contribution is -2.18. The summed E-state index contributed by atoms with van der Waals surface area (Å²) in [7, 11) is -2.13. The van der Waals surface area contributed by atoms with E-state index in [1.807, 2.05) is 66.2 Å². The second-order valence-electron chi connectivity index (χ2n) is 6.81. The van der Waals surface area contributed by atoms with Crippen molar-refractivity contribution in [2.45, 2.75) is 4.90 Å². The lowest BCUT2D eigenvalue weighted by atomic mass is 10.1. The van der Waals surface area contributed by atoms with Gasteiger partial charge in [-0.1, -0.05) is 54.6 Å². The van der Waals surface area contributed by atoms with Crippen molar-refractivity contribution < 1.29 is 13.3 Å². The molecule has 0 saturated carbocycles. The van der Waals surface area contributed by atoms with Crippen molar-refractivity contribution in [1.82, 2.24) is 9.40 Å². The summed E-state index contributed by atoms with van der Waals surface area (Å²) in [4.78, 5) is 12.2. The third kappa shape index (κ3) is 3.90. The highest BCUT2D eigenvalue weighted by Gasteiger charge is 2.18. The molecule has 1 heterocycles. The van der Waals surface area contributed by atoms with Gasteiger partial charge in [0.2, 0.25) is 0 Å². The van der Waals surface area contributed by atoms with E-state index in [-0.39, 0.29) is 10.6 Å². The normalized spacial score (nSPS) is 11.8. The standard InChI is InChI=1S/C22H18N4O4S/c1-25-21-13-6-5-12-19(21)20(22(25)16-8-3-2-4-9-16)15-23-24-31(29,30)18-11-7-10-17(14-18)26(27)28/h2-15,24H,1H3/b23-15+. The molecule has 31 heavy (non-hydrogen) atoms. The molecule has 0 saturated heterocycles. The fourth-order valence-electron chi connectivity index (χ4n) is 3.48. The van der Waals surface area contributed by atoms with Crippen LogP contribution in [-0.2, 0) is 17.1 Å². The van der Waals surface area contributed by atoms with Crippen LogP contribution in [0.3, 0.4) is 0 Å². The molecule has 4 aromatic rings. The highest BCUT2D eigenvalue weighted by atomic mass is 32.2. The number of aromatic nitrogens is 1. The maximum absolute atomic E-state index is 12.6. The molecule has 0 spiro atoms. The number of hydrogen-bond acceptors (Lipinski definition) is 5. The first-order valence-corrected chi connectivity index (χ1v) is 10.8. The average molecular weight is 434 g/mol. The number of benzene rings is 3. The van der Waals surface area contributed by atoms with E-state index in [2.05, 4.69) is 9.93 Å². The zero-order valence-corrected chi connectivity index (χ0v) is 17.3. The van der Waals surface area contributed by atoms with Gasteiger partial charge in [-0.15, -0.1) is 0 Å². The number of sulfonamides is 1. The molecule has 4 rings (SSSR count). The van der Waals surface area contributed by atoms with E-state index >= 15 is 0 Å². The summed E-state index contributed by atoms with van der Waals surface area (Å²) in [6.45, 7) is 0. The van der Waals surface area contributed by atoms with Crippen LogP contribution in [0, 0.1) is 10.1 Å². The minimum atomic E-state index is -4.07. The van der Waals surface area contributed by atoms with Gasteiger partial charge < -0.3 is 4.57 Å². The molecule has 1 N–H and O–H groups in total. The summed E-state index contributed by atoms with van der Waals surface area (Å²) >= 11 is 0. The van der Waals surface area contributed by atoms with E-state index in [4.69, 9.17) is 0 Å². The maximum Gasteiger partial charge on any atom is 0.276 e. The number of aryl methyl sites for hydroxylation is 1. The zero-order valence-electron chi connectivity index (χ0n) is 16.5. The molecule has 1 aromatic heterocycles. The Bertz CT molecular complexity index is 1410. The Kier molecular flexibility index (Phi) is 5.26. The number of non-ortho nitro benzene ring substituents is 1. The highest BCUT2D eigenvalue weighted by molar-refractivity contribution is 7.89. The van der Waals surface area contributed by atoms with Gasteiger partial charge in [-0.3, -0.25) is 10.1 Å². The summed E-state index contributed by atoms with van der Waals surface area (Å²) < 4.78 is 27.2. The van der Waals surface area contributed by atoms with E-state index < -0.39 is 14.9 Å². The molecule has 0 aliphatic carbocycles. The van der Waals surface area contributed by atoms with Crippen molar-refractivity contribution in [3.8, 4) is 11.3 Å². The first-order chi connectivity index (χ1) is 14.9. The number of hydrazone groups is 1. The summed E-state index contributed by atoms with van der Waals surface area (Å²) in [5, 5.41) is 15.8. The molecule has 0 aliphatic rings. The quantitative estimate of drug-likeness (QED) is 0.280. The van der Waals surface area contributed by atoms with Crippen molar-refractivity contribution in [3.05, 3.63) is 94.5 Å². The van der Waals surface area contributed by atoms with E-state index in [0.29, 0.717) is 0 Å². The molecule has 8 nitrogen and oxygen atoms in total. The zero-order chi connectivity index (χ0) is 22.0. The lowest BCUT2D eigenvalue weighted by Gasteiger charge is -2.06. The molecule has 0 unspecified atom stereocenters. The van der Waals surface area contributed by atoms with E-state index in [0.717, 1.165) is 33.8 Å². The number of rotatable bonds is 6. The Morgan fingerprint density at radius 3 is 2.45 bits per heavy atom. The molecule has 0 fully saturated rings. The molecular weight excluding hydrogens is 416 g/mol. The van der Waals surface area contributed by atoms with Gasteiger partial charge in [0, 0.05) is 35.6 Å². The minimum Gasteiger partial charge on any atom is -0.343 e. The van der Waals surface area contributed by atoms with Crippen LogP contribution in [-0.4, -0.2) is 24.1 Å². The Labute approximate surface area is 178 Å².